The maximum Gasteiger partial charge on any atom is 0.263 e. The van der Waals surface area contributed by atoms with Gasteiger partial charge in [-0.1, -0.05) is 42.8 Å². The van der Waals surface area contributed by atoms with Gasteiger partial charge in [-0.3, -0.25) is 9.59 Å². The average molecular weight is 467 g/mol. The van der Waals surface area contributed by atoms with Crippen LogP contribution < -0.4 is 10.1 Å². The van der Waals surface area contributed by atoms with E-state index in [1.165, 1.54) is 12.1 Å². The molecule has 1 atom stereocenters. The van der Waals surface area contributed by atoms with Crippen molar-refractivity contribution in [3.05, 3.63) is 94.3 Å². The van der Waals surface area contributed by atoms with Crippen molar-refractivity contribution in [1.29, 1.82) is 0 Å². The summed E-state index contributed by atoms with van der Waals surface area (Å²) in [5, 5.41) is 3.24. The third-order valence-electron chi connectivity index (χ3n) is 5.61. The predicted octanol–water partition coefficient (Wildman–Crippen LogP) is 5.47. The minimum absolute atomic E-state index is 0.0857. The molecule has 5 nitrogen and oxygen atoms in total. The molecule has 3 aromatic rings. The van der Waals surface area contributed by atoms with Crippen LogP contribution in [0.1, 0.15) is 34.8 Å². The zero-order valence-corrected chi connectivity index (χ0v) is 18.9. The SMILES string of the molecule is CCC1Oc2ccc(NC(=O)c3ccccc3Cl)cc2CN(CCc2ccc(F)cc2)C1=O. The van der Waals surface area contributed by atoms with Crippen LogP contribution in [-0.2, 0) is 17.8 Å². The van der Waals surface area contributed by atoms with E-state index in [0.29, 0.717) is 48.0 Å². The quantitative estimate of drug-likeness (QED) is 0.523. The molecular weight excluding hydrogens is 443 g/mol. The summed E-state index contributed by atoms with van der Waals surface area (Å²) in [5.41, 5.74) is 2.72. The Morgan fingerprint density at radius 3 is 2.64 bits per heavy atom. The van der Waals surface area contributed by atoms with Crippen LogP contribution in [0.4, 0.5) is 10.1 Å². The number of hydrogen-bond donors (Lipinski definition) is 1. The van der Waals surface area contributed by atoms with E-state index in [0.717, 1.165) is 11.1 Å². The summed E-state index contributed by atoms with van der Waals surface area (Å²) in [4.78, 5) is 27.5. The zero-order chi connectivity index (χ0) is 23.4. The minimum atomic E-state index is -0.581. The third-order valence-corrected chi connectivity index (χ3v) is 5.94. The van der Waals surface area contributed by atoms with Gasteiger partial charge in [-0.05, 0) is 60.9 Å². The van der Waals surface area contributed by atoms with Crippen molar-refractivity contribution < 1.29 is 18.7 Å². The van der Waals surface area contributed by atoms with Crippen LogP contribution in [0.25, 0.3) is 0 Å². The van der Waals surface area contributed by atoms with Gasteiger partial charge in [0.2, 0.25) is 0 Å². The van der Waals surface area contributed by atoms with Gasteiger partial charge in [0, 0.05) is 24.3 Å². The van der Waals surface area contributed by atoms with Crippen LogP contribution in [0.5, 0.6) is 5.75 Å². The molecule has 1 unspecified atom stereocenters. The Labute approximate surface area is 197 Å². The molecule has 1 N–H and O–H groups in total. The summed E-state index contributed by atoms with van der Waals surface area (Å²) in [6.07, 6.45) is 0.555. The molecule has 0 saturated carbocycles. The van der Waals surface area contributed by atoms with Gasteiger partial charge in [0.25, 0.3) is 11.8 Å². The molecule has 2 amide bonds. The van der Waals surface area contributed by atoms with Crippen LogP contribution >= 0.6 is 11.6 Å². The molecule has 0 fully saturated rings. The van der Waals surface area contributed by atoms with Gasteiger partial charge in [0.15, 0.2) is 6.10 Å². The monoisotopic (exact) mass is 466 g/mol. The second kappa shape index (κ2) is 10.0. The standard InChI is InChI=1S/C26H24ClFN2O3/c1-2-23-26(32)30(14-13-17-7-9-19(28)10-8-17)16-18-15-20(11-12-24(18)33-23)29-25(31)21-5-3-4-6-22(21)27/h3-12,15,23H,2,13-14,16H2,1H3,(H,29,31). The Morgan fingerprint density at radius 1 is 1.15 bits per heavy atom. The summed E-state index contributed by atoms with van der Waals surface area (Å²) in [7, 11) is 0. The van der Waals surface area contributed by atoms with Crippen LogP contribution in [-0.4, -0.2) is 29.4 Å². The molecule has 7 heteroatoms. The molecule has 0 aliphatic carbocycles. The van der Waals surface area contributed by atoms with E-state index < -0.39 is 6.10 Å². The van der Waals surface area contributed by atoms with Gasteiger partial charge in [-0.2, -0.15) is 0 Å². The normalized spacial score (nSPS) is 15.4. The molecule has 0 aromatic heterocycles. The largest absolute Gasteiger partial charge is 0.480 e. The van der Waals surface area contributed by atoms with E-state index in [1.807, 2.05) is 13.0 Å². The summed E-state index contributed by atoms with van der Waals surface area (Å²) < 4.78 is 19.2. The molecule has 1 aliphatic rings. The van der Waals surface area contributed by atoms with E-state index >= 15 is 0 Å². The Hall–Kier alpha value is -3.38. The maximum absolute atomic E-state index is 13.2. The first-order chi connectivity index (χ1) is 15.9. The number of hydrogen-bond acceptors (Lipinski definition) is 3. The molecule has 33 heavy (non-hydrogen) atoms. The number of anilines is 1. The van der Waals surface area contributed by atoms with Crippen molar-refractivity contribution in [2.45, 2.75) is 32.4 Å². The Bertz CT molecular complexity index is 1170. The van der Waals surface area contributed by atoms with E-state index in [2.05, 4.69) is 5.32 Å². The minimum Gasteiger partial charge on any atom is -0.480 e. The fourth-order valence-electron chi connectivity index (χ4n) is 3.79. The molecule has 3 aromatic carbocycles. The number of nitrogens with zero attached hydrogens (tertiary/aromatic N) is 1. The van der Waals surface area contributed by atoms with Crippen molar-refractivity contribution >= 4 is 29.1 Å². The van der Waals surface area contributed by atoms with E-state index in [1.54, 1.807) is 53.4 Å². The lowest BCUT2D eigenvalue weighted by atomic mass is 10.1. The highest BCUT2D eigenvalue weighted by Crippen LogP contribution is 2.30. The molecule has 4 rings (SSSR count). The van der Waals surface area contributed by atoms with Gasteiger partial charge >= 0.3 is 0 Å². The molecule has 0 saturated heterocycles. The molecule has 0 bridgehead atoms. The number of nitrogens with one attached hydrogen (secondary N) is 1. The summed E-state index contributed by atoms with van der Waals surface area (Å²) in [6, 6.07) is 18.5. The first-order valence-corrected chi connectivity index (χ1v) is 11.2. The van der Waals surface area contributed by atoms with Crippen LogP contribution in [0.15, 0.2) is 66.7 Å². The molecular formula is C26H24ClFN2O3. The molecule has 1 aliphatic heterocycles. The predicted molar refractivity (Wildman–Crippen MR) is 126 cm³/mol. The fraction of sp³-hybridized carbons (Fsp3) is 0.231. The molecule has 0 radical (unpaired) electrons. The fourth-order valence-corrected chi connectivity index (χ4v) is 4.01. The topological polar surface area (TPSA) is 58.6 Å². The van der Waals surface area contributed by atoms with Crippen LogP contribution in [0.2, 0.25) is 5.02 Å². The molecule has 0 spiro atoms. The highest BCUT2D eigenvalue weighted by molar-refractivity contribution is 6.34. The smallest absolute Gasteiger partial charge is 0.263 e. The third kappa shape index (κ3) is 5.34. The van der Waals surface area contributed by atoms with E-state index in [-0.39, 0.29) is 17.6 Å². The summed E-state index contributed by atoms with van der Waals surface area (Å²) in [5.74, 6) is -0.0669. The number of rotatable bonds is 6. The number of carbonyl (C=O) groups is 2. The van der Waals surface area contributed by atoms with Crippen molar-refractivity contribution in [1.82, 2.24) is 4.90 Å². The van der Waals surface area contributed by atoms with Crippen molar-refractivity contribution in [3.63, 3.8) is 0 Å². The zero-order valence-electron chi connectivity index (χ0n) is 18.2. The van der Waals surface area contributed by atoms with Gasteiger partial charge in [-0.25, -0.2) is 4.39 Å². The number of halogens is 2. The number of benzene rings is 3. The average Bonchev–Trinajstić information content (AvgIpc) is 2.94. The van der Waals surface area contributed by atoms with E-state index in [9.17, 15) is 14.0 Å². The van der Waals surface area contributed by atoms with Crippen molar-refractivity contribution in [2.24, 2.45) is 0 Å². The lowest BCUT2D eigenvalue weighted by Gasteiger charge is -2.23. The highest BCUT2D eigenvalue weighted by atomic mass is 35.5. The Morgan fingerprint density at radius 2 is 1.91 bits per heavy atom. The van der Waals surface area contributed by atoms with Crippen LogP contribution in [0.3, 0.4) is 0 Å². The van der Waals surface area contributed by atoms with Crippen molar-refractivity contribution in [2.75, 3.05) is 11.9 Å². The Balaban J connectivity index is 1.54. The lowest BCUT2D eigenvalue weighted by molar-refractivity contribution is -0.138. The van der Waals surface area contributed by atoms with Gasteiger partial charge in [-0.15, -0.1) is 0 Å². The molecule has 1 heterocycles. The highest BCUT2D eigenvalue weighted by Gasteiger charge is 2.29. The van der Waals surface area contributed by atoms with Gasteiger partial charge in [0.1, 0.15) is 11.6 Å². The first kappa shape index (κ1) is 22.8. The summed E-state index contributed by atoms with van der Waals surface area (Å²) >= 11 is 6.14. The maximum atomic E-state index is 13.2. The Kier molecular flexibility index (Phi) is 6.94. The van der Waals surface area contributed by atoms with Crippen molar-refractivity contribution in [3.8, 4) is 5.75 Å². The van der Waals surface area contributed by atoms with Crippen LogP contribution in [0, 0.1) is 5.82 Å². The summed E-state index contributed by atoms with van der Waals surface area (Å²) in [6.45, 7) is 2.73. The number of ether oxygens (including phenoxy) is 1. The second-order valence-corrected chi connectivity index (χ2v) is 8.31. The number of fused-ring (bicyclic) bond motifs is 1. The lowest BCUT2D eigenvalue weighted by Crippen LogP contribution is -2.40. The van der Waals surface area contributed by atoms with Gasteiger partial charge < -0.3 is 15.0 Å². The second-order valence-electron chi connectivity index (χ2n) is 7.91. The van der Waals surface area contributed by atoms with E-state index in [4.69, 9.17) is 16.3 Å². The first-order valence-electron chi connectivity index (χ1n) is 10.8. The number of amides is 2. The van der Waals surface area contributed by atoms with Gasteiger partial charge in [0.05, 0.1) is 10.6 Å². The number of carbonyl (C=O) groups excluding carboxylic acids is 2. The molecule has 170 valence electrons.